The van der Waals surface area contributed by atoms with Crippen molar-refractivity contribution in [3.8, 4) is 17.2 Å². The number of para-hydroxylation sites is 1. The Labute approximate surface area is 120 Å². The molecule has 3 rings (SSSR count). The third-order valence-electron chi connectivity index (χ3n) is 2.95. The number of sulfonamides is 1. The van der Waals surface area contributed by atoms with Crippen molar-refractivity contribution in [2.24, 2.45) is 12.2 Å². The predicted octanol–water partition coefficient (Wildman–Crippen LogP) is 0.315. The highest BCUT2D eigenvalue weighted by Crippen LogP contribution is 2.23. The van der Waals surface area contributed by atoms with E-state index in [2.05, 4.69) is 15.2 Å². The Kier molecular flexibility index (Phi) is 3.07. The van der Waals surface area contributed by atoms with Crippen molar-refractivity contribution in [2.45, 2.75) is 5.16 Å². The van der Waals surface area contributed by atoms with E-state index in [-0.39, 0.29) is 5.16 Å². The van der Waals surface area contributed by atoms with Crippen molar-refractivity contribution >= 4 is 10.0 Å². The maximum absolute atomic E-state index is 11.7. The van der Waals surface area contributed by atoms with E-state index < -0.39 is 10.0 Å². The average molecular weight is 304 g/mol. The number of hydrogen-bond acceptors (Lipinski definition) is 5. The van der Waals surface area contributed by atoms with Crippen LogP contribution in [0.2, 0.25) is 0 Å². The van der Waals surface area contributed by atoms with Crippen LogP contribution in [0.15, 0.2) is 48.0 Å². The number of aryl methyl sites for hydroxylation is 1. The highest BCUT2D eigenvalue weighted by Gasteiger charge is 2.24. The number of nitrogens with zero attached hydrogens (tertiary/aromatic N) is 5. The van der Waals surface area contributed by atoms with Gasteiger partial charge in [-0.15, -0.1) is 10.2 Å². The van der Waals surface area contributed by atoms with Crippen LogP contribution in [0.4, 0.5) is 0 Å². The second-order valence-electron chi connectivity index (χ2n) is 4.41. The maximum Gasteiger partial charge on any atom is 0.274 e. The molecule has 0 aliphatic carbocycles. The van der Waals surface area contributed by atoms with Crippen LogP contribution in [-0.4, -0.2) is 32.7 Å². The molecule has 0 aliphatic heterocycles. The quantitative estimate of drug-likeness (QED) is 0.749. The van der Waals surface area contributed by atoms with Gasteiger partial charge in [0.05, 0.1) is 18.2 Å². The molecule has 0 fully saturated rings. The molecule has 108 valence electrons. The van der Waals surface area contributed by atoms with E-state index in [0.29, 0.717) is 17.2 Å². The summed E-state index contributed by atoms with van der Waals surface area (Å²) in [7, 11) is -2.22. The first-order valence-corrected chi connectivity index (χ1v) is 7.53. The van der Waals surface area contributed by atoms with Gasteiger partial charge in [-0.3, -0.25) is 4.57 Å². The minimum atomic E-state index is -4.01. The van der Waals surface area contributed by atoms with E-state index in [0.717, 1.165) is 0 Å². The summed E-state index contributed by atoms with van der Waals surface area (Å²) in [5, 5.41) is 12.6. The molecule has 0 bridgehead atoms. The fourth-order valence-electron chi connectivity index (χ4n) is 2.00. The van der Waals surface area contributed by atoms with Gasteiger partial charge in [0.15, 0.2) is 5.82 Å². The van der Waals surface area contributed by atoms with Crippen LogP contribution < -0.4 is 5.14 Å². The molecule has 2 N–H and O–H groups in total. The summed E-state index contributed by atoms with van der Waals surface area (Å²) < 4.78 is 26.6. The average Bonchev–Trinajstić information content (AvgIpc) is 3.04. The van der Waals surface area contributed by atoms with E-state index in [1.165, 1.54) is 4.57 Å². The molecular formula is C12H12N6O2S. The number of benzene rings is 1. The second kappa shape index (κ2) is 4.79. The largest absolute Gasteiger partial charge is 0.331 e. The molecule has 2 aromatic heterocycles. The first kappa shape index (κ1) is 13.5. The first-order valence-electron chi connectivity index (χ1n) is 5.99. The third-order valence-corrected chi connectivity index (χ3v) is 3.72. The standard InChI is InChI=1S/C12H12N6O2S/c1-17-8-14-7-10(17)11-15-16-12(21(13,19)20)18(11)9-5-3-2-4-6-9/h2-8H,1H3,(H2,13,19,20). The van der Waals surface area contributed by atoms with Gasteiger partial charge < -0.3 is 4.57 Å². The molecule has 0 aliphatic rings. The number of nitrogens with two attached hydrogens (primary N) is 1. The lowest BCUT2D eigenvalue weighted by molar-refractivity contribution is 0.585. The van der Waals surface area contributed by atoms with Crippen LogP contribution in [0.25, 0.3) is 17.2 Å². The molecule has 2 heterocycles. The van der Waals surface area contributed by atoms with Gasteiger partial charge in [-0.05, 0) is 12.1 Å². The van der Waals surface area contributed by atoms with Crippen molar-refractivity contribution in [1.29, 1.82) is 0 Å². The van der Waals surface area contributed by atoms with Crippen LogP contribution >= 0.6 is 0 Å². The molecule has 0 amide bonds. The van der Waals surface area contributed by atoms with E-state index >= 15 is 0 Å². The molecule has 21 heavy (non-hydrogen) atoms. The van der Waals surface area contributed by atoms with Gasteiger partial charge in [-0.2, -0.15) is 0 Å². The van der Waals surface area contributed by atoms with Crippen LogP contribution in [0.3, 0.4) is 0 Å². The van der Waals surface area contributed by atoms with Gasteiger partial charge in [0.25, 0.3) is 15.2 Å². The zero-order valence-corrected chi connectivity index (χ0v) is 11.9. The maximum atomic E-state index is 11.7. The molecule has 0 unspecified atom stereocenters. The molecule has 0 saturated heterocycles. The lowest BCUT2D eigenvalue weighted by Gasteiger charge is -2.09. The molecule has 8 nitrogen and oxygen atoms in total. The summed E-state index contributed by atoms with van der Waals surface area (Å²) in [6.07, 6.45) is 3.17. The van der Waals surface area contributed by atoms with Crippen LogP contribution in [0.5, 0.6) is 0 Å². The summed E-state index contributed by atoms with van der Waals surface area (Å²) in [4.78, 5) is 4.01. The number of hydrogen-bond donors (Lipinski definition) is 1. The molecule has 0 atom stereocenters. The Morgan fingerprint density at radius 1 is 1.14 bits per heavy atom. The third kappa shape index (κ3) is 2.32. The van der Waals surface area contributed by atoms with Gasteiger partial charge in [-0.25, -0.2) is 18.5 Å². The Balaban J connectivity index is 2.33. The zero-order valence-electron chi connectivity index (χ0n) is 11.1. The van der Waals surface area contributed by atoms with Gasteiger partial charge >= 0.3 is 0 Å². The normalized spacial score (nSPS) is 11.7. The summed E-state index contributed by atoms with van der Waals surface area (Å²) in [5.41, 5.74) is 1.23. The highest BCUT2D eigenvalue weighted by molar-refractivity contribution is 7.89. The van der Waals surface area contributed by atoms with Gasteiger partial charge in [0.1, 0.15) is 5.69 Å². The lowest BCUT2D eigenvalue weighted by Crippen LogP contribution is -2.18. The first-order chi connectivity index (χ1) is 9.98. The molecule has 0 radical (unpaired) electrons. The summed E-state index contributed by atoms with van der Waals surface area (Å²) in [6.45, 7) is 0. The Morgan fingerprint density at radius 3 is 2.43 bits per heavy atom. The van der Waals surface area contributed by atoms with Crippen molar-refractivity contribution in [3.05, 3.63) is 42.9 Å². The van der Waals surface area contributed by atoms with Crippen LogP contribution in [0, 0.1) is 0 Å². The summed E-state index contributed by atoms with van der Waals surface area (Å²) in [5.74, 6) is 0.352. The minimum absolute atomic E-state index is 0.315. The molecule has 0 saturated carbocycles. The fraction of sp³-hybridized carbons (Fsp3) is 0.0833. The lowest BCUT2D eigenvalue weighted by atomic mass is 10.3. The van der Waals surface area contributed by atoms with Gasteiger partial charge in [0.2, 0.25) is 0 Å². The summed E-state index contributed by atoms with van der Waals surface area (Å²) in [6, 6.07) is 8.90. The van der Waals surface area contributed by atoms with Crippen LogP contribution in [-0.2, 0) is 17.1 Å². The molecule has 3 aromatic rings. The molecule has 0 spiro atoms. The number of imidazole rings is 1. The summed E-state index contributed by atoms with van der Waals surface area (Å²) >= 11 is 0. The predicted molar refractivity (Wildman–Crippen MR) is 74.9 cm³/mol. The van der Waals surface area contributed by atoms with Gasteiger partial charge in [-0.1, -0.05) is 18.2 Å². The molecule has 9 heteroatoms. The number of rotatable bonds is 3. The Morgan fingerprint density at radius 2 is 1.86 bits per heavy atom. The Bertz CT molecular complexity index is 882. The second-order valence-corrected chi connectivity index (χ2v) is 5.87. The minimum Gasteiger partial charge on any atom is -0.331 e. The van der Waals surface area contributed by atoms with E-state index in [1.54, 1.807) is 48.4 Å². The zero-order chi connectivity index (χ0) is 15.0. The van der Waals surface area contributed by atoms with Crippen molar-refractivity contribution < 1.29 is 8.42 Å². The van der Waals surface area contributed by atoms with Crippen molar-refractivity contribution in [2.75, 3.05) is 0 Å². The molecule has 1 aromatic carbocycles. The van der Waals surface area contributed by atoms with Gasteiger partial charge in [0, 0.05) is 7.05 Å². The monoisotopic (exact) mass is 304 g/mol. The highest BCUT2D eigenvalue weighted by atomic mass is 32.2. The van der Waals surface area contributed by atoms with E-state index in [1.807, 2.05) is 6.07 Å². The smallest absolute Gasteiger partial charge is 0.274 e. The van der Waals surface area contributed by atoms with Crippen molar-refractivity contribution in [1.82, 2.24) is 24.3 Å². The number of aromatic nitrogens is 5. The van der Waals surface area contributed by atoms with E-state index in [4.69, 9.17) is 5.14 Å². The van der Waals surface area contributed by atoms with Crippen LogP contribution in [0.1, 0.15) is 0 Å². The topological polar surface area (TPSA) is 109 Å². The number of primary sulfonamides is 1. The SMILES string of the molecule is Cn1cncc1-c1nnc(S(N)(=O)=O)n1-c1ccccc1. The fourth-order valence-corrected chi connectivity index (χ4v) is 2.60. The van der Waals surface area contributed by atoms with Crippen molar-refractivity contribution in [3.63, 3.8) is 0 Å². The Hall–Kier alpha value is -2.52. The molecular weight excluding hydrogens is 292 g/mol. The van der Waals surface area contributed by atoms with E-state index in [9.17, 15) is 8.42 Å².